The number of hydrogen-bond acceptors (Lipinski definition) is 3. The maximum absolute atomic E-state index is 9.63. The molecule has 0 aliphatic carbocycles. The zero-order valence-corrected chi connectivity index (χ0v) is 9.71. The van der Waals surface area contributed by atoms with Gasteiger partial charge in [-0.25, -0.2) is 0 Å². The molecule has 1 unspecified atom stereocenters. The largest absolute Gasteiger partial charge is 0.508 e. The van der Waals surface area contributed by atoms with E-state index in [4.69, 9.17) is 16.3 Å². The molecule has 4 heteroatoms. The van der Waals surface area contributed by atoms with Crippen molar-refractivity contribution in [2.75, 3.05) is 20.3 Å². The monoisotopic (exact) mass is 229 g/mol. The van der Waals surface area contributed by atoms with Gasteiger partial charge in [0.25, 0.3) is 0 Å². The molecule has 3 nitrogen and oxygen atoms in total. The fourth-order valence-electron chi connectivity index (χ4n) is 1.36. The summed E-state index contributed by atoms with van der Waals surface area (Å²) in [6.07, 6.45) is 0. The van der Waals surface area contributed by atoms with E-state index in [1.807, 2.05) is 6.92 Å². The number of halogens is 1. The molecule has 0 amide bonds. The summed E-state index contributed by atoms with van der Waals surface area (Å²) in [5.74, 6) is 0.261. The molecular weight excluding hydrogens is 214 g/mol. The van der Waals surface area contributed by atoms with E-state index in [2.05, 4.69) is 5.32 Å². The number of phenols is 1. The van der Waals surface area contributed by atoms with E-state index in [0.29, 0.717) is 11.6 Å². The second-order valence-corrected chi connectivity index (χ2v) is 3.81. The normalized spacial score (nSPS) is 12.7. The zero-order chi connectivity index (χ0) is 11.3. The third-order valence-electron chi connectivity index (χ3n) is 2.21. The minimum atomic E-state index is 0.0545. The maximum Gasteiger partial charge on any atom is 0.120 e. The first kappa shape index (κ1) is 12.3. The predicted molar refractivity (Wildman–Crippen MR) is 61.4 cm³/mol. The van der Waals surface area contributed by atoms with Crippen LogP contribution in [0.1, 0.15) is 18.5 Å². The molecule has 15 heavy (non-hydrogen) atoms. The van der Waals surface area contributed by atoms with E-state index in [-0.39, 0.29) is 11.8 Å². The lowest BCUT2D eigenvalue weighted by atomic mass is 10.1. The number of benzene rings is 1. The van der Waals surface area contributed by atoms with Crippen molar-refractivity contribution in [3.63, 3.8) is 0 Å². The van der Waals surface area contributed by atoms with Gasteiger partial charge in [0.15, 0.2) is 0 Å². The molecule has 0 aliphatic rings. The van der Waals surface area contributed by atoms with Crippen molar-refractivity contribution in [2.24, 2.45) is 0 Å². The summed E-state index contributed by atoms with van der Waals surface area (Å²) in [5, 5.41) is 13.5. The number of rotatable bonds is 5. The Morgan fingerprint density at radius 3 is 2.93 bits per heavy atom. The highest BCUT2D eigenvalue weighted by molar-refractivity contribution is 6.30. The first-order valence-corrected chi connectivity index (χ1v) is 5.23. The Balaban J connectivity index is 2.64. The van der Waals surface area contributed by atoms with Gasteiger partial charge in [-0.3, -0.25) is 0 Å². The van der Waals surface area contributed by atoms with E-state index < -0.39 is 0 Å². The molecule has 0 fully saturated rings. The molecule has 0 heterocycles. The van der Waals surface area contributed by atoms with Crippen molar-refractivity contribution in [2.45, 2.75) is 13.0 Å². The van der Waals surface area contributed by atoms with Crippen LogP contribution in [0.15, 0.2) is 18.2 Å². The van der Waals surface area contributed by atoms with Crippen LogP contribution in [0.4, 0.5) is 0 Å². The van der Waals surface area contributed by atoms with Crippen LogP contribution in [0, 0.1) is 0 Å². The first-order chi connectivity index (χ1) is 7.15. The van der Waals surface area contributed by atoms with Crippen molar-refractivity contribution >= 4 is 11.6 Å². The number of aromatic hydroxyl groups is 1. The van der Waals surface area contributed by atoms with Crippen LogP contribution in [-0.4, -0.2) is 25.4 Å². The second kappa shape index (κ2) is 5.95. The van der Waals surface area contributed by atoms with Gasteiger partial charge in [0.2, 0.25) is 0 Å². The molecule has 84 valence electrons. The summed E-state index contributed by atoms with van der Waals surface area (Å²) in [4.78, 5) is 0. The lowest BCUT2D eigenvalue weighted by Gasteiger charge is -2.15. The first-order valence-electron chi connectivity index (χ1n) is 4.86. The van der Waals surface area contributed by atoms with Gasteiger partial charge in [-0.2, -0.15) is 0 Å². The summed E-state index contributed by atoms with van der Waals surface area (Å²) in [7, 11) is 1.66. The number of ether oxygens (including phenoxy) is 1. The highest BCUT2D eigenvalue weighted by Gasteiger charge is 2.09. The molecule has 2 N–H and O–H groups in total. The topological polar surface area (TPSA) is 41.5 Å². The van der Waals surface area contributed by atoms with Crippen LogP contribution >= 0.6 is 11.6 Å². The van der Waals surface area contributed by atoms with Gasteiger partial charge in [0.1, 0.15) is 5.75 Å². The number of methoxy groups -OCH3 is 1. The highest BCUT2D eigenvalue weighted by Crippen LogP contribution is 2.26. The number of hydrogen-bond donors (Lipinski definition) is 2. The van der Waals surface area contributed by atoms with Crippen LogP contribution < -0.4 is 5.32 Å². The molecule has 1 aromatic carbocycles. The molecule has 0 saturated heterocycles. The van der Waals surface area contributed by atoms with E-state index in [9.17, 15) is 5.11 Å². The average molecular weight is 230 g/mol. The third kappa shape index (κ3) is 3.70. The van der Waals surface area contributed by atoms with Crippen LogP contribution in [0.2, 0.25) is 5.02 Å². The summed E-state index contributed by atoms with van der Waals surface area (Å²) >= 11 is 5.86. The van der Waals surface area contributed by atoms with Crippen LogP contribution in [0.5, 0.6) is 5.75 Å². The van der Waals surface area contributed by atoms with Crippen molar-refractivity contribution in [1.29, 1.82) is 0 Å². The molecule has 0 aliphatic heterocycles. The van der Waals surface area contributed by atoms with Crippen molar-refractivity contribution < 1.29 is 9.84 Å². The predicted octanol–water partition coefficient (Wildman–Crippen LogP) is 2.34. The lowest BCUT2D eigenvalue weighted by molar-refractivity contribution is 0.196. The Labute approximate surface area is 95.0 Å². The summed E-state index contributed by atoms with van der Waals surface area (Å²) in [6, 6.07) is 5.09. The minimum Gasteiger partial charge on any atom is -0.508 e. The van der Waals surface area contributed by atoms with E-state index >= 15 is 0 Å². The second-order valence-electron chi connectivity index (χ2n) is 3.37. The standard InChI is InChI=1S/C11H16ClNO2/c1-8(13-5-6-15-2)10-7-9(12)3-4-11(10)14/h3-4,7-8,13-14H,5-6H2,1-2H3. The SMILES string of the molecule is COCCNC(C)c1cc(Cl)ccc1O. The van der Waals surface area contributed by atoms with Crippen LogP contribution in [-0.2, 0) is 4.74 Å². The maximum atomic E-state index is 9.63. The van der Waals surface area contributed by atoms with E-state index in [1.54, 1.807) is 25.3 Å². The van der Waals surface area contributed by atoms with Gasteiger partial charge < -0.3 is 15.2 Å². The van der Waals surface area contributed by atoms with Gasteiger partial charge in [-0.05, 0) is 25.1 Å². The molecule has 0 saturated carbocycles. The molecule has 0 aromatic heterocycles. The summed E-state index contributed by atoms with van der Waals surface area (Å²) < 4.78 is 4.93. The van der Waals surface area contributed by atoms with Gasteiger partial charge in [-0.1, -0.05) is 11.6 Å². The summed E-state index contributed by atoms with van der Waals surface area (Å²) in [6.45, 7) is 3.36. The molecular formula is C11H16ClNO2. The Morgan fingerprint density at radius 2 is 2.27 bits per heavy atom. The number of phenolic OH excluding ortho intramolecular Hbond substituents is 1. The minimum absolute atomic E-state index is 0.0545. The van der Waals surface area contributed by atoms with E-state index in [1.165, 1.54) is 0 Å². The molecule has 1 atom stereocenters. The quantitative estimate of drug-likeness (QED) is 0.762. The molecule has 1 rings (SSSR count). The van der Waals surface area contributed by atoms with Crippen LogP contribution in [0.25, 0.3) is 0 Å². The van der Waals surface area contributed by atoms with Crippen molar-refractivity contribution in [3.05, 3.63) is 28.8 Å². The summed E-state index contributed by atoms with van der Waals surface area (Å²) in [5.41, 5.74) is 0.804. The Bertz CT molecular complexity index is 317. The van der Waals surface area contributed by atoms with E-state index in [0.717, 1.165) is 12.1 Å². The Kier molecular flexibility index (Phi) is 4.88. The number of nitrogens with one attached hydrogen (secondary N) is 1. The Morgan fingerprint density at radius 1 is 1.53 bits per heavy atom. The molecule has 0 spiro atoms. The smallest absolute Gasteiger partial charge is 0.120 e. The van der Waals surface area contributed by atoms with Gasteiger partial charge in [-0.15, -0.1) is 0 Å². The van der Waals surface area contributed by atoms with Crippen molar-refractivity contribution in [1.82, 2.24) is 5.32 Å². The Hall–Kier alpha value is -0.770. The molecule has 1 aromatic rings. The van der Waals surface area contributed by atoms with Gasteiger partial charge >= 0.3 is 0 Å². The average Bonchev–Trinajstić information content (AvgIpc) is 2.22. The van der Waals surface area contributed by atoms with Gasteiger partial charge in [0, 0.05) is 30.3 Å². The van der Waals surface area contributed by atoms with Gasteiger partial charge in [0.05, 0.1) is 6.61 Å². The van der Waals surface area contributed by atoms with Crippen molar-refractivity contribution in [3.8, 4) is 5.75 Å². The fraction of sp³-hybridized carbons (Fsp3) is 0.455. The lowest BCUT2D eigenvalue weighted by Crippen LogP contribution is -2.22. The molecule has 0 radical (unpaired) electrons. The molecule has 0 bridgehead atoms. The highest BCUT2D eigenvalue weighted by atomic mass is 35.5. The zero-order valence-electron chi connectivity index (χ0n) is 8.96. The third-order valence-corrected chi connectivity index (χ3v) is 2.45. The van der Waals surface area contributed by atoms with Crippen LogP contribution in [0.3, 0.4) is 0 Å². The fourth-order valence-corrected chi connectivity index (χ4v) is 1.54.